The van der Waals surface area contributed by atoms with Crippen LogP contribution in [0.25, 0.3) is 5.57 Å². The smallest absolute Gasteiger partial charge is 0.311 e. The standard InChI is InChI=1S/C27H28O5/c1-2-3-7-25(26(28)29)22-8-10-24(11-9-22)30-19-20-5-4-6-23(18-20)21-12-14-27(15-13-21)31-16-17-32-27/h4-6,8-12,18,25H,7,13-17,19H2,1H3,(H,28,29). The lowest BCUT2D eigenvalue weighted by Gasteiger charge is -2.30. The Bertz CT molecular complexity index is 1040. The Balaban J connectivity index is 1.37. The molecule has 0 aromatic heterocycles. The number of carboxylic acid groups (broad SMARTS) is 1. The van der Waals surface area contributed by atoms with Gasteiger partial charge in [-0.05, 0) is 53.8 Å². The number of benzene rings is 2. The molecule has 2 aromatic rings. The molecular weight excluding hydrogens is 404 g/mol. The first-order valence-corrected chi connectivity index (χ1v) is 11.0. The summed E-state index contributed by atoms with van der Waals surface area (Å²) in [5, 5.41) is 9.45. The maximum Gasteiger partial charge on any atom is 0.311 e. The van der Waals surface area contributed by atoms with E-state index in [0.29, 0.717) is 32.0 Å². The van der Waals surface area contributed by atoms with Crippen LogP contribution in [0.15, 0.2) is 54.6 Å². The van der Waals surface area contributed by atoms with Gasteiger partial charge in [0.05, 0.1) is 19.1 Å². The van der Waals surface area contributed by atoms with Crippen molar-refractivity contribution in [3.05, 3.63) is 71.3 Å². The molecule has 1 fully saturated rings. The molecule has 1 heterocycles. The topological polar surface area (TPSA) is 65.0 Å². The van der Waals surface area contributed by atoms with Gasteiger partial charge in [0.2, 0.25) is 0 Å². The van der Waals surface area contributed by atoms with Crippen LogP contribution in [-0.4, -0.2) is 30.1 Å². The van der Waals surface area contributed by atoms with E-state index in [1.165, 1.54) is 11.1 Å². The van der Waals surface area contributed by atoms with Gasteiger partial charge in [-0.25, -0.2) is 0 Å². The minimum Gasteiger partial charge on any atom is -0.489 e. The highest BCUT2D eigenvalue weighted by atomic mass is 16.7. The fraction of sp³-hybridized carbons (Fsp3) is 0.370. The van der Waals surface area contributed by atoms with E-state index in [9.17, 15) is 9.90 Å². The van der Waals surface area contributed by atoms with Crippen molar-refractivity contribution in [2.24, 2.45) is 0 Å². The van der Waals surface area contributed by atoms with Gasteiger partial charge in [-0.2, -0.15) is 0 Å². The average molecular weight is 433 g/mol. The van der Waals surface area contributed by atoms with Crippen LogP contribution in [0.4, 0.5) is 0 Å². The van der Waals surface area contributed by atoms with Crippen LogP contribution < -0.4 is 4.74 Å². The van der Waals surface area contributed by atoms with Gasteiger partial charge in [0, 0.05) is 19.3 Å². The average Bonchev–Trinajstić information content (AvgIpc) is 3.27. The highest BCUT2D eigenvalue weighted by Crippen LogP contribution is 2.38. The number of hydrogen-bond donors (Lipinski definition) is 1. The third-order valence-electron chi connectivity index (χ3n) is 6.02. The third kappa shape index (κ3) is 5.21. The number of carboxylic acids is 1. The van der Waals surface area contributed by atoms with Crippen molar-refractivity contribution >= 4 is 11.5 Å². The molecular formula is C27H28O5. The summed E-state index contributed by atoms with van der Waals surface area (Å²) in [6.45, 7) is 3.52. The van der Waals surface area contributed by atoms with Gasteiger partial charge in [-0.15, -0.1) is 11.8 Å². The van der Waals surface area contributed by atoms with Gasteiger partial charge in [0.25, 0.3) is 0 Å². The maximum absolute atomic E-state index is 11.5. The number of aliphatic carboxylic acids is 1. The minimum atomic E-state index is -0.868. The highest BCUT2D eigenvalue weighted by molar-refractivity contribution is 5.76. The third-order valence-corrected chi connectivity index (χ3v) is 6.02. The molecule has 0 amide bonds. The molecule has 1 aliphatic heterocycles. The number of hydrogen-bond acceptors (Lipinski definition) is 4. The predicted octanol–water partition coefficient (Wildman–Crippen LogP) is 5.16. The molecule has 0 saturated carbocycles. The molecule has 1 unspecified atom stereocenters. The summed E-state index contributed by atoms with van der Waals surface area (Å²) >= 11 is 0. The van der Waals surface area contributed by atoms with Crippen molar-refractivity contribution < 1.29 is 24.1 Å². The molecule has 1 saturated heterocycles. The summed E-state index contributed by atoms with van der Waals surface area (Å²) < 4.78 is 17.6. The van der Waals surface area contributed by atoms with Crippen molar-refractivity contribution in [2.45, 2.75) is 50.9 Å². The summed E-state index contributed by atoms with van der Waals surface area (Å²) in [5.74, 6) is 4.42. The van der Waals surface area contributed by atoms with E-state index in [-0.39, 0.29) is 0 Å². The van der Waals surface area contributed by atoms with Gasteiger partial charge in [-0.3, -0.25) is 4.79 Å². The number of ether oxygens (including phenoxy) is 3. The highest BCUT2D eigenvalue weighted by Gasteiger charge is 2.37. The van der Waals surface area contributed by atoms with E-state index in [2.05, 4.69) is 42.2 Å². The normalized spacial score (nSPS) is 17.8. The van der Waals surface area contributed by atoms with Gasteiger partial charge in [-0.1, -0.05) is 36.4 Å². The van der Waals surface area contributed by atoms with Crippen LogP contribution >= 0.6 is 0 Å². The first-order valence-electron chi connectivity index (χ1n) is 11.0. The summed E-state index contributed by atoms with van der Waals surface area (Å²) in [6, 6.07) is 15.6. The van der Waals surface area contributed by atoms with Crippen molar-refractivity contribution in [3.63, 3.8) is 0 Å². The molecule has 5 heteroatoms. The largest absolute Gasteiger partial charge is 0.489 e. The fourth-order valence-electron chi connectivity index (χ4n) is 4.21. The van der Waals surface area contributed by atoms with E-state index < -0.39 is 17.7 Å². The monoisotopic (exact) mass is 432 g/mol. The number of carbonyl (C=O) groups is 1. The second-order valence-corrected chi connectivity index (χ2v) is 8.12. The van der Waals surface area contributed by atoms with Crippen LogP contribution in [-0.2, 0) is 20.9 Å². The molecule has 1 spiro atoms. The summed E-state index contributed by atoms with van der Waals surface area (Å²) in [5.41, 5.74) is 4.33. The molecule has 0 radical (unpaired) electrons. The Morgan fingerprint density at radius 2 is 1.97 bits per heavy atom. The number of allylic oxidation sites excluding steroid dienone is 1. The quantitative estimate of drug-likeness (QED) is 0.613. The molecule has 166 valence electrons. The fourth-order valence-corrected chi connectivity index (χ4v) is 4.21. The molecule has 4 rings (SSSR count). The van der Waals surface area contributed by atoms with Gasteiger partial charge in [0.1, 0.15) is 12.4 Å². The van der Waals surface area contributed by atoms with Crippen LogP contribution in [0.5, 0.6) is 5.75 Å². The Labute approximate surface area is 189 Å². The molecule has 2 aliphatic rings. The van der Waals surface area contributed by atoms with Gasteiger partial charge >= 0.3 is 5.97 Å². The molecule has 1 aliphatic carbocycles. The Kier molecular flexibility index (Phi) is 6.94. The Morgan fingerprint density at radius 3 is 2.62 bits per heavy atom. The van der Waals surface area contributed by atoms with E-state index in [1.54, 1.807) is 19.1 Å². The summed E-state index contributed by atoms with van der Waals surface area (Å²) in [6.07, 6.45) is 5.13. The van der Waals surface area contributed by atoms with E-state index in [0.717, 1.165) is 30.4 Å². The lowest BCUT2D eigenvalue weighted by molar-refractivity contribution is -0.159. The molecule has 1 atom stereocenters. The summed E-state index contributed by atoms with van der Waals surface area (Å²) in [7, 11) is 0. The van der Waals surface area contributed by atoms with Crippen LogP contribution in [0.3, 0.4) is 0 Å². The lowest BCUT2D eigenvalue weighted by atomic mass is 9.89. The lowest BCUT2D eigenvalue weighted by Crippen LogP contribution is -2.31. The Hall–Kier alpha value is -3.07. The second kappa shape index (κ2) is 10.0. The van der Waals surface area contributed by atoms with Crippen molar-refractivity contribution in [3.8, 4) is 17.6 Å². The molecule has 1 N–H and O–H groups in total. The van der Waals surface area contributed by atoms with Crippen molar-refractivity contribution in [2.75, 3.05) is 13.2 Å². The van der Waals surface area contributed by atoms with E-state index >= 15 is 0 Å². The summed E-state index contributed by atoms with van der Waals surface area (Å²) in [4.78, 5) is 11.5. The van der Waals surface area contributed by atoms with Crippen LogP contribution in [0.1, 0.15) is 55.2 Å². The van der Waals surface area contributed by atoms with Gasteiger partial charge < -0.3 is 19.3 Å². The van der Waals surface area contributed by atoms with Crippen LogP contribution in [0.2, 0.25) is 0 Å². The first kappa shape index (κ1) is 22.1. The SMILES string of the molecule is CC#CCC(C(=O)O)c1ccc(OCc2cccc(C3=CCC4(CC3)OCCO4)c2)cc1. The molecule has 32 heavy (non-hydrogen) atoms. The minimum absolute atomic E-state index is 0.300. The maximum atomic E-state index is 11.5. The number of rotatable bonds is 7. The zero-order chi connectivity index (χ0) is 22.4. The zero-order valence-corrected chi connectivity index (χ0v) is 18.3. The van der Waals surface area contributed by atoms with E-state index in [4.69, 9.17) is 14.2 Å². The molecule has 5 nitrogen and oxygen atoms in total. The van der Waals surface area contributed by atoms with Crippen molar-refractivity contribution in [1.82, 2.24) is 0 Å². The van der Waals surface area contributed by atoms with Crippen molar-refractivity contribution in [1.29, 1.82) is 0 Å². The van der Waals surface area contributed by atoms with Gasteiger partial charge in [0.15, 0.2) is 5.79 Å². The Morgan fingerprint density at radius 1 is 1.19 bits per heavy atom. The molecule has 2 aromatic carbocycles. The van der Waals surface area contributed by atoms with E-state index in [1.807, 2.05) is 12.1 Å². The zero-order valence-electron chi connectivity index (χ0n) is 18.3. The second-order valence-electron chi connectivity index (χ2n) is 8.12. The molecule has 0 bridgehead atoms. The predicted molar refractivity (Wildman–Crippen MR) is 122 cm³/mol. The first-order chi connectivity index (χ1) is 15.6. The van der Waals surface area contributed by atoms with Crippen LogP contribution in [0, 0.1) is 11.8 Å².